The van der Waals surface area contributed by atoms with Crippen LogP contribution in [0, 0.1) is 5.92 Å². The molecule has 12 heteroatoms. The maximum absolute atomic E-state index is 13.2. The molecule has 4 rings (SSSR count). The Hall–Kier alpha value is -3.35. The number of carbonyl (C=O) groups is 1. The summed E-state index contributed by atoms with van der Waals surface area (Å²) in [4.78, 5) is 21.4. The molecule has 2 N–H and O–H groups in total. The van der Waals surface area contributed by atoms with Gasteiger partial charge in [0.15, 0.2) is 9.84 Å². The van der Waals surface area contributed by atoms with Gasteiger partial charge >= 0.3 is 5.97 Å². The minimum absolute atomic E-state index is 0.0228. The fourth-order valence-corrected chi connectivity index (χ4v) is 6.03. The first kappa shape index (κ1) is 25.7. The lowest BCUT2D eigenvalue weighted by Gasteiger charge is -2.32. The number of sulfonamides is 1. The van der Waals surface area contributed by atoms with E-state index < -0.39 is 25.8 Å². The van der Waals surface area contributed by atoms with Crippen LogP contribution in [-0.2, 0) is 19.9 Å². The number of benzene rings is 2. The zero-order chi connectivity index (χ0) is 25.9. The van der Waals surface area contributed by atoms with E-state index in [0.29, 0.717) is 30.2 Å². The quantitative estimate of drug-likeness (QED) is 0.448. The van der Waals surface area contributed by atoms with Crippen LogP contribution in [0.25, 0.3) is 11.1 Å². The average Bonchev–Trinajstić information content (AvgIpc) is 2.87. The molecule has 1 aliphatic rings. The van der Waals surface area contributed by atoms with E-state index in [0.717, 1.165) is 19.1 Å². The fraction of sp³-hybridized carbons (Fsp3) is 0.292. The predicted octanol–water partition coefficient (Wildman–Crippen LogP) is 2.44. The number of carboxylic acid groups (broad SMARTS) is 1. The molecule has 2 heterocycles. The Morgan fingerprint density at radius 2 is 1.61 bits per heavy atom. The monoisotopic (exact) mass is 530 g/mol. The molecule has 0 atom stereocenters. The second kappa shape index (κ2) is 10.3. The Kier molecular flexibility index (Phi) is 7.38. The van der Waals surface area contributed by atoms with E-state index >= 15 is 0 Å². The summed E-state index contributed by atoms with van der Waals surface area (Å²) in [5.74, 6) is -0.509. The number of hydrogen-bond acceptors (Lipinski definition) is 8. The van der Waals surface area contributed by atoms with E-state index in [1.54, 1.807) is 30.3 Å². The van der Waals surface area contributed by atoms with Crippen molar-refractivity contribution in [3.63, 3.8) is 0 Å². The smallest absolute Gasteiger partial charge is 0.338 e. The molecule has 2 aromatic carbocycles. The van der Waals surface area contributed by atoms with E-state index in [-0.39, 0.29) is 27.8 Å². The molecule has 1 saturated heterocycles. The number of carboxylic acids is 1. The van der Waals surface area contributed by atoms with Crippen molar-refractivity contribution in [2.75, 3.05) is 30.8 Å². The first-order valence-electron chi connectivity index (χ1n) is 11.2. The summed E-state index contributed by atoms with van der Waals surface area (Å²) in [5.41, 5.74) is 1.11. The molecule has 0 aliphatic carbocycles. The molecular formula is C24H26N4O6S2. The number of anilines is 1. The number of nitrogens with one attached hydrogen (secondary N) is 1. The van der Waals surface area contributed by atoms with Crippen molar-refractivity contribution in [1.82, 2.24) is 14.7 Å². The third-order valence-corrected chi connectivity index (χ3v) is 8.72. The highest BCUT2D eigenvalue weighted by Gasteiger charge is 2.25. The summed E-state index contributed by atoms with van der Waals surface area (Å²) in [6.07, 6.45) is 5.12. The van der Waals surface area contributed by atoms with E-state index in [1.165, 1.54) is 30.6 Å². The molecule has 0 spiro atoms. The zero-order valence-corrected chi connectivity index (χ0v) is 21.2. The normalized spacial score (nSPS) is 15.1. The van der Waals surface area contributed by atoms with E-state index in [9.17, 15) is 21.6 Å². The van der Waals surface area contributed by atoms with Crippen LogP contribution in [0.5, 0.6) is 0 Å². The van der Waals surface area contributed by atoms with Gasteiger partial charge in [-0.05, 0) is 42.5 Å². The molecule has 0 unspecified atom stereocenters. The topological polar surface area (TPSA) is 147 Å². The van der Waals surface area contributed by atoms with E-state index in [2.05, 4.69) is 14.7 Å². The summed E-state index contributed by atoms with van der Waals surface area (Å²) in [6.45, 7) is 1.53. The largest absolute Gasteiger partial charge is 0.478 e. The van der Waals surface area contributed by atoms with Crippen molar-refractivity contribution in [3.05, 3.63) is 66.5 Å². The van der Waals surface area contributed by atoms with Crippen LogP contribution in [0.1, 0.15) is 23.2 Å². The van der Waals surface area contributed by atoms with E-state index in [4.69, 9.17) is 5.11 Å². The molecular weight excluding hydrogens is 504 g/mol. The first-order valence-corrected chi connectivity index (χ1v) is 14.6. The second-order valence-electron chi connectivity index (χ2n) is 8.65. The highest BCUT2D eigenvalue weighted by molar-refractivity contribution is 7.90. The molecule has 0 bridgehead atoms. The van der Waals surface area contributed by atoms with Crippen LogP contribution in [0.2, 0.25) is 0 Å². The number of nitrogens with zero attached hydrogens (tertiary/aromatic N) is 3. The Bertz CT molecular complexity index is 1450. The van der Waals surface area contributed by atoms with Crippen LogP contribution in [-0.4, -0.2) is 63.8 Å². The molecule has 1 aromatic heterocycles. The number of sulfone groups is 1. The highest BCUT2D eigenvalue weighted by atomic mass is 32.2. The first-order chi connectivity index (χ1) is 17.0. The predicted molar refractivity (Wildman–Crippen MR) is 134 cm³/mol. The van der Waals surface area contributed by atoms with Crippen molar-refractivity contribution in [2.24, 2.45) is 5.92 Å². The Balaban J connectivity index is 1.41. The van der Waals surface area contributed by atoms with Gasteiger partial charge in [-0.15, -0.1) is 0 Å². The number of aromatic carboxylic acids is 1. The van der Waals surface area contributed by atoms with Gasteiger partial charge in [0.05, 0.1) is 15.4 Å². The van der Waals surface area contributed by atoms with Crippen LogP contribution in [0.15, 0.2) is 70.7 Å². The Morgan fingerprint density at radius 3 is 2.19 bits per heavy atom. The lowest BCUT2D eigenvalue weighted by molar-refractivity contribution is 0.0696. The summed E-state index contributed by atoms with van der Waals surface area (Å²) >= 11 is 0. The van der Waals surface area contributed by atoms with Crippen LogP contribution in [0.3, 0.4) is 0 Å². The van der Waals surface area contributed by atoms with Gasteiger partial charge in [-0.1, -0.05) is 30.3 Å². The molecule has 1 aliphatic heterocycles. The van der Waals surface area contributed by atoms with Gasteiger partial charge in [-0.3, -0.25) is 0 Å². The fourth-order valence-electron chi connectivity index (χ4n) is 4.06. The van der Waals surface area contributed by atoms with Gasteiger partial charge in [0, 0.05) is 43.8 Å². The minimum Gasteiger partial charge on any atom is -0.478 e. The molecule has 190 valence electrons. The molecule has 0 radical (unpaired) electrons. The third-order valence-electron chi connectivity index (χ3n) is 6.11. The maximum Gasteiger partial charge on any atom is 0.338 e. The van der Waals surface area contributed by atoms with Gasteiger partial charge in [-0.2, -0.15) is 0 Å². The second-order valence-corrected chi connectivity index (χ2v) is 12.4. The Labute approximate surface area is 210 Å². The van der Waals surface area contributed by atoms with Crippen molar-refractivity contribution in [3.8, 4) is 11.1 Å². The number of hydrogen-bond donors (Lipinski definition) is 2. The van der Waals surface area contributed by atoms with Crippen LogP contribution >= 0.6 is 0 Å². The van der Waals surface area contributed by atoms with E-state index in [1.807, 2.05) is 4.90 Å². The SMILES string of the molecule is CS(=O)(=O)c1ccc(-c2ccccc2S(=O)(=O)NCC2CCN(c3ncc(C(=O)O)cn3)CC2)cc1. The zero-order valence-electron chi connectivity index (χ0n) is 19.5. The van der Waals surface area contributed by atoms with Crippen LogP contribution in [0.4, 0.5) is 5.95 Å². The molecule has 1 fully saturated rings. The van der Waals surface area contributed by atoms with Crippen molar-refractivity contribution in [1.29, 1.82) is 0 Å². The Morgan fingerprint density at radius 1 is 1.00 bits per heavy atom. The average molecular weight is 531 g/mol. The summed E-state index contributed by atoms with van der Waals surface area (Å²) in [5, 5.41) is 8.98. The van der Waals surface area contributed by atoms with Gasteiger partial charge < -0.3 is 10.0 Å². The summed E-state index contributed by atoms with van der Waals surface area (Å²) in [6, 6.07) is 12.7. The summed E-state index contributed by atoms with van der Waals surface area (Å²) < 4.78 is 52.6. The molecule has 36 heavy (non-hydrogen) atoms. The van der Waals surface area contributed by atoms with Crippen molar-refractivity contribution >= 4 is 31.8 Å². The lowest BCUT2D eigenvalue weighted by Crippen LogP contribution is -2.39. The van der Waals surface area contributed by atoms with Gasteiger partial charge in [0.1, 0.15) is 0 Å². The number of aromatic nitrogens is 2. The molecule has 10 nitrogen and oxygen atoms in total. The standard InChI is InChI=1S/C24H26N4O6S2/c1-35(31,32)20-8-6-18(7-9-20)21-4-2-3-5-22(21)36(33,34)27-14-17-10-12-28(13-11-17)24-25-15-19(16-26-24)23(29)30/h2-9,15-17,27H,10-14H2,1H3,(H,29,30). The third kappa shape index (κ3) is 5.89. The summed E-state index contributed by atoms with van der Waals surface area (Å²) in [7, 11) is -7.17. The van der Waals surface area contributed by atoms with Crippen molar-refractivity contribution in [2.45, 2.75) is 22.6 Å². The van der Waals surface area contributed by atoms with Crippen molar-refractivity contribution < 1.29 is 26.7 Å². The van der Waals surface area contributed by atoms with Gasteiger partial charge in [-0.25, -0.2) is 36.3 Å². The highest BCUT2D eigenvalue weighted by Crippen LogP contribution is 2.29. The number of piperidine rings is 1. The molecule has 3 aromatic rings. The lowest BCUT2D eigenvalue weighted by atomic mass is 9.97. The van der Waals surface area contributed by atoms with Gasteiger partial charge in [0.25, 0.3) is 0 Å². The molecule has 0 saturated carbocycles. The van der Waals surface area contributed by atoms with Crippen LogP contribution < -0.4 is 9.62 Å². The number of rotatable bonds is 8. The van der Waals surface area contributed by atoms with Gasteiger partial charge in [0.2, 0.25) is 16.0 Å². The maximum atomic E-state index is 13.2. The minimum atomic E-state index is -3.82. The molecule has 0 amide bonds.